The lowest BCUT2D eigenvalue weighted by atomic mass is 10.2. The molecule has 0 aliphatic heterocycles. The van der Waals surface area contributed by atoms with E-state index < -0.39 is 0 Å². The second-order valence-electron chi connectivity index (χ2n) is 2.82. The first kappa shape index (κ1) is 10.5. The third kappa shape index (κ3) is 2.99. The maximum atomic E-state index is 5.66. The Hall–Kier alpha value is -0.580. The van der Waals surface area contributed by atoms with Gasteiger partial charge in [0.1, 0.15) is 0 Å². The molecule has 0 spiro atoms. The minimum absolute atomic E-state index is 0.745. The fraction of sp³-hybridized carbons (Fsp3) is 0.333. The zero-order valence-electron chi connectivity index (χ0n) is 7.75. The number of rotatable bonds is 3. The summed E-state index contributed by atoms with van der Waals surface area (Å²) in [5.41, 5.74) is 7.57. The van der Waals surface area contributed by atoms with Gasteiger partial charge >= 0.3 is 0 Å². The normalized spacial score (nSPS) is 10.8. The van der Waals surface area contributed by atoms with E-state index in [0.717, 1.165) is 22.3 Å². The van der Waals surface area contributed by atoms with Crippen molar-refractivity contribution in [3.63, 3.8) is 0 Å². The molecule has 1 rings (SSSR count). The van der Waals surface area contributed by atoms with Crippen molar-refractivity contribution < 1.29 is 4.84 Å². The summed E-state index contributed by atoms with van der Waals surface area (Å²) in [5, 5.41) is 1.75. The summed E-state index contributed by atoms with van der Waals surface area (Å²) >= 11 is 3.37. The average Bonchev–Trinajstić information content (AvgIpc) is 2.11. The molecule has 3 nitrogen and oxygen atoms in total. The van der Waals surface area contributed by atoms with Crippen molar-refractivity contribution in [3.05, 3.63) is 28.2 Å². The van der Waals surface area contributed by atoms with Crippen LogP contribution < -0.4 is 5.73 Å². The van der Waals surface area contributed by atoms with Crippen LogP contribution in [0.3, 0.4) is 0 Å². The van der Waals surface area contributed by atoms with Crippen LogP contribution in [-0.4, -0.2) is 19.2 Å². The van der Waals surface area contributed by atoms with Crippen LogP contribution in [0.2, 0.25) is 0 Å². The molecule has 0 saturated heterocycles. The Labute approximate surface area is 86.6 Å². The number of hydrogen-bond acceptors (Lipinski definition) is 3. The first-order chi connectivity index (χ1) is 6.13. The molecule has 0 bridgehead atoms. The molecule has 0 heterocycles. The van der Waals surface area contributed by atoms with Gasteiger partial charge in [-0.3, -0.25) is 0 Å². The maximum absolute atomic E-state index is 5.66. The monoisotopic (exact) mass is 244 g/mol. The van der Waals surface area contributed by atoms with Crippen molar-refractivity contribution in [2.24, 2.45) is 0 Å². The van der Waals surface area contributed by atoms with Gasteiger partial charge < -0.3 is 10.6 Å². The Kier molecular flexibility index (Phi) is 3.71. The fourth-order valence-electron chi connectivity index (χ4n) is 0.991. The fourth-order valence-corrected chi connectivity index (χ4v) is 1.42. The van der Waals surface area contributed by atoms with E-state index in [4.69, 9.17) is 10.6 Å². The number of hydrogen-bond donors (Lipinski definition) is 1. The standard InChI is InChI=1S/C9H13BrN2O/c1-12(13-2)6-7-3-4-9(11)8(10)5-7/h3-5H,6,11H2,1-2H3. The quantitative estimate of drug-likeness (QED) is 0.654. The highest BCUT2D eigenvalue weighted by molar-refractivity contribution is 9.10. The molecule has 4 heteroatoms. The predicted molar refractivity (Wildman–Crippen MR) is 57.0 cm³/mol. The molecule has 0 fully saturated rings. The van der Waals surface area contributed by atoms with Crippen LogP contribution in [0.15, 0.2) is 22.7 Å². The average molecular weight is 245 g/mol. The van der Waals surface area contributed by atoms with E-state index in [1.165, 1.54) is 0 Å². The summed E-state index contributed by atoms with van der Waals surface area (Å²) < 4.78 is 0.925. The molecule has 0 atom stereocenters. The van der Waals surface area contributed by atoms with E-state index in [1.54, 1.807) is 12.2 Å². The Bertz CT molecular complexity index is 291. The molecule has 0 saturated carbocycles. The Morgan fingerprint density at radius 3 is 2.77 bits per heavy atom. The highest BCUT2D eigenvalue weighted by atomic mass is 79.9. The number of halogens is 1. The highest BCUT2D eigenvalue weighted by Gasteiger charge is 2.00. The molecular formula is C9H13BrN2O. The van der Waals surface area contributed by atoms with Crippen molar-refractivity contribution >= 4 is 21.6 Å². The summed E-state index contributed by atoms with van der Waals surface area (Å²) in [4.78, 5) is 5.01. The van der Waals surface area contributed by atoms with Crippen LogP contribution in [0, 0.1) is 0 Å². The van der Waals surface area contributed by atoms with Gasteiger partial charge in [-0.2, -0.15) is 5.06 Å². The second kappa shape index (κ2) is 4.60. The van der Waals surface area contributed by atoms with E-state index >= 15 is 0 Å². The van der Waals surface area contributed by atoms with Crippen LogP contribution in [0.5, 0.6) is 0 Å². The highest BCUT2D eigenvalue weighted by Crippen LogP contribution is 2.20. The van der Waals surface area contributed by atoms with E-state index in [0.29, 0.717) is 0 Å². The topological polar surface area (TPSA) is 38.5 Å². The number of nitrogens with zero attached hydrogens (tertiary/aromatic N) is 1. The van der Waals surface area contributed by atoms with Gasteiger partial charge in [-0.25, -0.2) is 0 Å². The Balaban J connectivity index is 2.73. The first-order valence-corrected chi connectivity index (χ1v) is 4.72. The number of nitrogen functional groups attached to an aromatic ring is 1. The molecule has 13 heavy (non-hydrogen) atoms. The lowest BCUT2D eigenvalue weighted by molar-refractivity contribution is -0.116. The maximum Gasteiger partial charge on any atom is 0.0575 e. The van der Waals surface area contributed by atoms with Crippen molar-refractivity contribution in [3.8, 4) is 0 Å². The summed E-state index contributed by atoms with van der Waals surface area (Å²) in [6, 6.07) is 5.85. The molecule has 0 aliphatic carbocycles. The zero-order valence-corrected chi connectivity index (χ0v) is 9.34. The number of hydroxylamine groups is 2. The number of nitrogens with two attached hydrogens (primary N) is 1. The summed E-state index contributed by atoms with van der Waals surface area (Å²) in [7, 11) is 3.52. The molecule has 0 amide bonds. The van der Waals surface area contributed by atoms with Crippen LogP contribution in [0.1, 0.15) is 5.56 Å². The van der Waals surface area contributed by atoms with Crippen molar-refractivity contribution in [1.82, 2.24) is 5.06 Å². The van der Waals surface area contributed by atoms with Gasteiger partial charge in [0.15, 0.2) is 0 Å². The summed E-state index contributed by atoms with van der Waals surface area (Å²) in [6.07, 6.45) is 0. The lowest BCUT2D eigenvalue weighted by Crippen LogP contribution is -2.15. The van der Waals surface area contributed by atoms with Gasteiger partial charge in [0, 0.05) is 23.8 Å². The molecule has 0 unspecified atom stereocenters. The molecule has 0 radical (unpaired) electrons. The van der Waals surface area contributed by atoms with Gasteiger partial charge in [0.05, 0.1) is 7.11 Å². The Morgan fingerprint density at radius 2 is 2.23 bits per heavy atom. The van der Waals surface area contributed by atoms with Crippen LogP contribution in [-0.2, 0) is 11.4 Å². The van der Waals surface area contributed by atoms with Gasteiger partial charge in [0.2, 0.25) is 0 Å². The minimum Gasteiger partial charge on any atom is -0.398 e. The van der Waals surface area contributed by atoms with E-state index in [-0.39, 0.29) is 0 Å². The zero-order chi connectivity index (χ0) is 9.84. The second-order valence-corrected chi connectivity index (χ2v) is 3.68. The lowest BCUT2D eigenvalue weighted by Gasteiger charge is -2.13. The van der Waals surface area contributed by atoms with Crippen LogP contribution in [0.25, 0.3) is 0 Å². The molecular weight excluding hydrogens is 232 g/mol. The summed E-state index contributed by atoms with van der Waals surface area (Å²) in [6.45, 7) is 0.745. The third-order valence-electron chi connectivity index (χ3n) is 1.78. The SMILES string of the molecule is CON(C)Cc1ccc(N)c(Br)c1. The van der Waals surface area contributed by atoms with Crippen molar-refractivity contribution in [2.45, 2.75) is 6.54 Å². The van der Waals surface area contributed by atoms with Crippen LogP contribution in [0.4, 0.5) is 5.69 Å². The summed E-state index contributed by atoms with van der Waals surface area (Å²) in [5.74, 6) is 0. The number of benzene rings is 1. The molecule has 72 valence electrons. The molecule has 1 aromatic carbocycles. The van der Waals surface area contributed by atoms with Crippen molar-refractivity contribution in [2.75, 3.05) is 19.9 Å². The van der Waals surface area contributed by atoms with Gasteiger partial charge in [-0.15, -0.1) is 0 Å². The molecule has 0 aliphatic rings. The Morgan fingerprint density at radius 1 is 1.54 bits per heavy atom. The first-order valence-electron chi connectivity index (χ1n) is 3.92. The largest absolute Gasteiger partial charge is 0.398 e. The van der Waals surface area contributed by atoms with Gasteiger partial charge in [0.25, 0.3) is 0 Å². The molecule has 2 N–H and O–H groups in total. The van der Waals surface area contributed by atoms with Gasteiger partial charge in [-0.1, -0.05) is 6.07 Å². The van der Waals surface area contributed by atoms with Gasteiger partial charge in [-0.05, 0) is 33.6 Å². The van der Waals surface area contributed by atoms with E-state index in [1.807, 2.05) is 25.2 Å². The van der Waals surface area contributed by atoms with E-state index in [9.17, 15) is 0 Å². The predicted octanol–water partition coefficient (Wildman–Crippen LogP) is 2.02. The minimum atomic E-state index is 0.745. The molecule has 1 aromatic rings. The number of anilines is 1. The smallest absolute Gasteiger partial charge is 0.0575 e. The van der Waals surface area contributed by atoms with Crippen molar-refractivity contribution in [1.29, 1.82) is 0 Å². The van der Waals surface area contributed by atoms with E-state index in [2.05, 4.69) is 15.9 Å². The van der Waals surface area contributed by atoms with Crippen LogP contribution >= 0.6 is 15.9 Å². The third-order valence-corrected chi connectivity index (χ3v) is 2.47. The molecule has 0 aromatic heterocycles.